The molecule has 0 bridgehead atoms. The van der Waals surface area contributed by atoms with Gasteiger partial charge in [0, 0.05) is 4.83 Å². The van der Waals surface area contributed by atoms with E-state index in [0.717, 1.165) is 11.8 Å². The second-order valence-electron chi connectivity index (χ2n) is 5.96. The Bertz CT molecular complexity index is 544. The molecule has 0 nitrogen and oxygen atoms in total. The molecule has 1 saturated carbocycles. The predicted molar refractivity (Wildman–Crippen MR) is 90.1 cm³/mol. The summed E-state index contributed by atoms with van der Waals surface area (Å²) in [5, 5.41) is 0. The highest BCUT2D eigenvalue weighted by molar-refractivity contribution is 9.09. The Morgan fingerprint density at radius 1 is 0.900 bits per heavy atom. The summed E-state index contributed by atoms with van der Waals surface area (Å²) >= 11 is 3.93. The summed E-state index contributed by atoms with van der Waals surface area (Å²) in [6.07, 6.45) is 4.13. The molecule has 2 aromatic carbocycles. The summed E-state index contributed by atoms with van der Waals surface area (Å²) in [4.78, 5) is 0.504. The molecule has 0 spiro atoms. The quantitative estimate of drug-likeness (QED) is 0.586. The Morgan fingerprint density at radius 2 is 1.55 bits per heavy atom. The van der Waals surface area contributed by atoms with Crippen LogP contribution in [0.1, 0.15) is 36.6 Å². The van der Waals surface area contributed by atoms with E-state index in [-0.39, 0.29) is 0 Å². The maximum absolute atomic E-state index is 3.93. The number of hydrogen-bond donors (Lipinski definition) is 0. The number of benzene rings is 2. The molecule has 20 heavy (non-hydrogen) atoms. The van der Waals surface area contributed by atoms with Crippen LogP contribution in [0.2, 0.25) is 0 Å². The lowest BCUT2D eigenvalue weighted by Gasteiger charge is -2.22. The van der Waals surface area contributed by atoms with E-state index in [1.807, 2.05) is 0 Å². The molecule has 1 aliphatic rings. The summed E-state index contributed by atoms with van der Waals surface area (Å²) in [5.74, 6) is 1.63. The summed E-state index contributed by atoms with van der Waals surface area (Å²) in [6, 6.07) is 19.7. The zero-order valence-corrected chi connectivity index (χ0v) is 13.5. The van der Waals surface area contributed by atoms with E-state index in [9.17, 15) is 0 Å². The van der Waals surface area contributed by atoms with E-state index in [2.05, 4.69) is 77.5 Å². The van der Waals surface area contributed by atoms with Crippen LogP contribution < -0.4 is 0 Å². The number of rotatable bonds is 3. The van der Waals surface area contributed by atoms with Crippen LogP contribution in [0.15, 0.2) is 54.6 Å². The van der Waals surface area contributed by atoms with Crippen LogP contribution in [0.4, 0.5) is 0 Å². The van der Waals surface area contributed by atoms with Gasteiger partial charge in [0.15, 0.2) is 0 Å². The van der Waals surface area contributed by atoms with Gasteiger partial charge >= 0.3 is 0 Å². The topological polar surface area (TPSA) is 0 Å². The van der Waals surface area contributed by atoms with Crippen LogP contribution in [-0.2, 0) is 0 Å². The molecule has 3 unspecified atom stereocenters. The van der Waals surface area contributed by atoms with Gasteiger partial charge in [0.05, 0.1) is 0 Å². The van der Waals surface area contributed by atoms with E-state index in [1.165, 1.54) is 36.0 Å². The maximum Gasteiger partial charge on any atom is 0.0426 e. The Labute approximate surface area is 130 Å². The molecule has 0 radical (unpaired) electrons. The molecule has 3 rings (SSSR count). The third kappa shape index (κ3) is 2.83. The molecule has 1 fully saturated rings. The van der Waals surface area contributed by atoms with Crippen LogP contribution >= 0.6 is 15.9 Å². The summed E-state index contributed by atoms with van der Waals surface area (Å²) in [5.41, 5.74) is 4.01. The fourth-order valence-electron chi connectivity index (χ4n) is 3.35. The van der Waals surface area contributed by atoms with E-state index < -0.39 is 0 Å². The average molecular weight is 329 g/mol. The van der Waals surface area contributed by atoms with Gasteiger partial charge < -0.3 is 0 Å². The molecular weight excluding hydrogens is 308 g/mol. The molecule has 2 aromatic rings. The Balaban J connectivity index is 1.79. The highest BCUT2D eigenvalue weighted by atomic mass is 79.9. The molecule has 3 atom stereocenters. The minimum Gasteiger partial charge on any atom is -0.0836 e. The van der Waals surface area contributed by atoms with E-state index in [1.54, 1.807) is 0 Å². The normalized spacial score (nSPS) is 23.7. The fraction of sp³-hybridized carbons (Fsp3) is 0.368. The third-order valence-corrected chi connectivity index (χ3v) is 5.85. The standard InChI is InChI=1S/C19H21Br/c1-14-6-5-9-18(14)19(20)17-12-10-16(11-13-17)15-7-3-2-4-8-15/h2-4,7-8,10-14,18-19H,5-6,9H2,1H3. The van der Waals surface area contributed by atoms with E-state index in [4.69, 9.17) is 0 Å². The predicted octanol–water partition coefficient (Wildman–Crippen LogP) is 6.23. The van der Waals surface area contributed by atoms with Crippen molar-refractivity contribution in [1.82, 2.24) is 0 Å². The average Bonchev–Trinajstić information content (AvgIpc) is 2.94. The van der Waals surface area contributed by atoms with Crippen molar-refractivity contribution >= 4 is 15.9 Å². The van der Waals surface area contributed by atoms with Crippen molar-refractivity contribution in [2.45, 2.75) is 31.0 Å². The van der Waals surface area contributed by atoms with Crippen LogP contribution in [-0.4, -0.2) is 0 Å². The Morgan fingerprint density at radius 3 is 2.15 bits per heavy atom. The zero-order chi connectivity index (χ0) is 13.9. The van der Waals surface area contributed by atoms with Crippen molar-refractivity contribution in [3.63, 3.8) is 0 Å². The monoisotopic (exact) mass is 328 g/mol. The number of halogens is 1. The fourth-order valence-corrected chi connectivity index (χ4v) is 4.44. The van der Waals surface area contributed by atoms with Crippen molar-refractivity contribution in [3.05, 3.63) is 60.2 Å². The molecule has 0 aliphatic heterocycles. The van der Waals surface area contributed by atoms with Crippen LogP contribution in [0, 0.1) is 11.8 Å². The third-order valence-electron chi connectivity index (χ3n) is 4.64. The zero-order valence-electron chi connectivity index (χ0n) is 11.9. The van der Waals surface area contributed by atoms with E-state index >= 15 is 0 Å². The first-order valence-corrected chi connectivity index (χ1v) is 8.47. The van der Waals surface area contributed by atoms with Crippen molar-refractivity contribution in [1.29, 1.82) is 0 Å². The summed E-state index contributed by atoms with van der Waals surface area (Å²) < 4.78 is 0. The van der Waals surface area contributed by atoms with Gasteiger partial charge in [-0.25, -0.2) is 0 Å². The lowest BCUT2D eigenvalue weighted by molar-refractivity contribution is 0.414. The highest BCUT2D eigenvalue weighted by Crippen LogP contribution is 2.44. The van der Waals surface area contributed by atoms with Gasteiger partial charge in [-0.15, -0.1) is 0 Å². The first-order chi connectivity index (χ1) is 9.75. The lowest BCUT2D eigenvalue weighted by atomic mass is 9.90. The molecule has 0 amide bonds. The SMILES string of the molecule is CC1CCCC1C(Br)c1ccc(-c2ccccc2)cc1. The Hall–Kier alpha value is -1.08. The second kappa shape index (κ2) is 6.13. The van der Waals surface area contributed by atoms with Gasteiger partial charge in [-0.3, -0.25) is 0 Å². The number of alkyl halides is 1. The highest BCUT2D eigenvalue weighted by Gasteiger charge is 2.30. The number of hydrogen-bond acceptors (Lipinski definition) is 0. The van der Waals surface area contributed by atoms with Crippen LogP contribution in [0.25, 0.3) is 11.1 Å². The molecule has 1 heteroatoms. The smallest absolute Gasteiger partial charge is 0.0426 e. The molecule has 1 aliphatic carbocycles. The van der Waals surface area contributed by atoms with Gasteiger partial charge in [-0.1, -0.05) is 90.3 Å². The van der Waals surface area contributed by atoms with Crippen molar-refractivity contribution < 1.29 is 0 Å². The van der Waals surface area contributed by atoms with Gasteiger partial charge in [0.2, 0.25) is 0 Å². The maximum atomic E-state index is 3.93. The molecule has 0 N–H and O–H groups in total. The van der Waals surface area contributed by atoms with Crippen molar-refractivity contribution in [3.8, 4) is 11.1 Å². The minimum absolute atomic E-state index is 0.504. The Kier molecular flexibility index (Phi) is 4.26. The first kappa shape index (κ1) is 13.9. The second-order valence-corrected chi connectivity index (χ2v) is 6.95. The van der Waals surface area contributed by atoms with Crippen LogP contribution in [0.3, 0.4) is 0 Å². The van der Waals surface area contributed by atoms with E-state index in [0.29, 0.717) is 4.83 Å². The first-order valence-electron chi connectivity index (χ1n) is 7.55. The van der Waals surface area contributed by atoms with Gasteiger partial charge in [0.25, 0.3) is 0 Å². The van der Waals surface area contributed by atoms with Gasteiger partial charge in [0.1, 0.15) is 0 Å². The lowest BCUT2D eigenvalue weighted by Crippen LogP contribution is -2.10. The molecular formula is C19H21Br. The molecule has 104 valence electrons. The molecule has 0 aromatic heterocycles. The molecule has 0 saturated heterocycles. The minimum atomic E-state index is 0.504. The summed E-state index contributed by atoms with van der Waals surface area (Å²) in [7, 11) is 0. The molecule has 0 heterocycles. The largest absolute Gasteiger partial charge is 0.0836 e. The van der Waals surface area contributed by atoms with Crippen molar-refractivity contribution in [2.75, 3.05) is 0 Å². The van der Waals surface area contributed by atoms with Gasteiger partial charge in [-0.2, -0.15) is 0 Å². The van der Waals surface area contributed by atoms with Crippen molar-refractivity contribution in [2.24, 2.45) is 11.8 Å². The summed E-state index contributed by atoms with van der Waals surface area (Å²) in [6.45, 7) is 2.39. The van der Waals surface area contributed by atoms with Gasteiger partial charge in [-0.05, 0) is 34.9 Å². The van der Waals surface area contributed by atoms with Crippen LogP contribution in [0.5, 0.6) is 0 Å².